The molecule has 4 rings (SSSR count). The number of sulfonamides is 1. The molecule has 1 amide bonds. The maximum atomic E-state index is 14.2. The van der Waals surface area contributed by atoms with Gasteiger partial charge in [0.25, 0.3) is 0 Å². The van der Waals surface area contributed by atoms with Crippen molar-refractivity contribution in [1.29, 1.82) is 0 Å². The molecule has 2 saturated carbocycles. The van der Waals surface area contributed by atoms with Crippen LogP contribution in [-0.2, 0) is 30.6 Å². The summed E-state index contributed by atoms with van der Waals surface area (Å²) < 4.78 is 40.6. The second-order valence-corrected chi connectivity index (χ2v) is 21.9. The summed E-state index contributed by atoms with van der Waals surface area (Å²) in [7, 11) is -5.79. The molecule has 1 N–H and O–H groups in total. The topological polar surface area (TPSA) is 93.1 Å². The molecule has 3 fully saturated rings. The van der Waals surface area contributed by atoms with E-state index in [9.17, 15) is 18.3 Å². The maximum Gasteiger partial charge on any atom is 0.242 e. The smallest absolute Gasteiger partial charge is 0.242 e. The lowest BCUT2D eigenvalue weighted by Gasteiger charge is -2.38. The Morgan fingerprint density at radius 2 is 1.86 bits per heavy atom. The molecule has 1 spiro atoms. The SMILES string of the molecule is CC1(C)[C@@H]2CC[C@]13CS(=O)(=O)N(C(=O)[C@H](C/C=C\CCCOCc1ccccc1)[C@@H](O)CCO[Si](C)(C)C(C)(C)C)[C@@H]3C2. The number of carbonyl (C=O) groups is 1. The summed E-state index contributed by atoms with van der Waals surface area (Å²) in [6.45, 7) is 16.8. The summed E-state index contributed by atoms with van der Waals surface area (Å²) in [5.41, 5.74) is 0.638. The number of benzene rings is 1. The van der Waals surface area contributed by atoms with Gasteiger partial charge in [0, 0.05) is 18.6 Å². The van der Waals surface area contributed by atoms with Crippen LogP contribution >= 0.6 is 0 Å². The van der Waals surface area contributed by atoms with Crippen LogP contribution in [0.4, 0.5) is 0 Å². The first kappa shape index (κ1) is 34.4. The molecule has 3 aliphatic rings. The van der Waals surface area contributed by atoms with Gasteiger partial charge in [-0.3, -0.25) is 4.79 Å². The predicted molar refractivity (Wildman–Crippen MR) is 174 cm³/mol. The van der Waals surface area contributed by atoms with Gasteiger partial charge in [-0.1, -0.05) is 77.1 Å². The van der Waals surface area contributed by atoms with Crippen molar-refractivity contribution in [3.8, 4) is 0 Å². The third-order valence-electron chi connectivity index (χ3n) is 11.4. The summed E-state index contributed by atoms with van der Waals surface area (Å²) in [5, 5.41) is 11.4. The van der Waals surface area contributed by atoms with Crippen LogP contribution in [0.15, 0.2) is 42.5 Å². The van der Waals surface area contributed by atoms with Crippen molar-refractivity contribution in [2.75, 3.05) is 19.0 Å². The number of carbonyl (C=O) groups excluding carboxylic acids is 1. The first-order valence-electron chi connectivity index (χ1n) is 16.2. The van der Waals surface area contributed by atoms with E-state index in [-0.39, 0.29) is 27.7 Å². The molecule has 1 aliphatic heterocycles. The minimum absolute atomic E-state index is 0.0350. The molecule has 9 heteroatoms. The van der Waals surface area contributed by atoms with Gasteiger partial charge in [-0.15, -0.1) is 0 Å². The van der Waals surface area contributed by atoms with Gasteiger partial charge in [0.05, 0.1) is 30.4 Å². The number of nitrogens with zero attached hydrogens (tertiary/aromatic N) is 1. The average Bonchev–Trinajstić information content (AvgIpc) is 3.40. The molecular weight excluding hydrogens is 579 g/mol. The zero-order valence-corrected chi connectivity index (χ0v) is 29.3. The highest BCUT2D eigenvalue weighted by atomic mass is 32.2. The van der Waals surface area contributed by atoms with Crippen LogP contribution in [0.1, 0.15) is 85.1 Å². The first-order valence-corrected chi connectivity index (χ1v) is 20.7. The van der Waals surface area contributed by atoms with Gasteiger partial charge >= 0.3 is 0 Å². The predicted octanol–water partition coefficient (Wildman–Crippen LogP) is 6.69. The van der Waals surface area contributed by atoms with Gasteiger partial charge in [-0.2, -0.15) is 0 Å². The van der Waals surface area contributed by atoms with Crippen molar-refractivity contribution in [2.45, 2.75) is 116 Å². The molecular formula is C34H55NO6SSi. The fourth-order valence-corrected chi connectivity index (χ4v) is 11.1. The van der Waals surface area contributed by atoms with Crippen LogP contribution in [-0.4, -0.2) is 63.2 Å². The van der Waals surface area contributed by atoms with Crippen LogP contribution in [0.3, 0.4) is 0 Å². The van der Waals surface area contributed by atoms with Crippen LogP contribution in [0.25, 0.3) is 0 Å². The Labute approximate surface area is 261 Å². The molecule has 2 aliphatic carbocycles. The normalized spacial score (nSPS) is 27.5. The number of rotatable bonds is 14. The summed E-state index contributed by atoms with van der Waals surface area (Å²) in [5.74, 6) is -0.814. The van der Waals surface area contributed by atoms with E-state index in [1.165, 1.54) is 4.31 Å². The van der Waals surface area contributed by atoms with E-state index in [0.29, 0.717) is 38.6 Å². The Morgan fingerprint density at radius 3 is 2.51 bits per heavy atom. The van der Waals surface area contributed by atoms with E-state index in [2.05, 4.69) is 47.7 Å². The van der Waals surface area contributed by atoms with Gasteiger partial charge in [-0.25, -0.2) is 12.7 Å². The Hall–Kier alpha value is -1.52. The highest BCUT2D eigenvalue weighted by Gasteiger charge is 2.72. The molecule has 242 valence electrons. The first-order chi connectivity index (χ1) is 20.0. The third-order valence-corrected chi connectivity index (χ3v) is 17.9. The van der Waals surface area contributed by atoms with Crippen molar-refractivity contribution in [1.82, 2.24) is 4.31 Å². The second-order valence-electron chi connectivity index (χ2n) is 15.2. The van der Waals surface area contributed by atoms with Crippen molar-refractivity contribution in [3.05, 3.63) is 48.0 Å². The van der Waals surface area contributed by atoms with E-state index in [4.69, 9.17) is 9.16 Å². The van der Waals surface area contributed by atoms with Crippen LogP contribution in [0.5, 0.6) is 0 Å². The Kier molecular flexibility index (Phi) is 10.4. The zero-order valence-electron chi connectivity index (χ0n) is 27.5. The molecule has 0 unspecified atom stereocenters. The summed E-state index contributed by atoms with van der Waals surface area (Å²) >= 11 is 0. The number of unbranched alkanes of at least 4 members (excludes halogenated alkanes) is 1. The number of amides is 1. The van der Waals surface area contributed by atoms with Gasteiger partial charge in [0.1, 0.15) is 0 Å². The number of hydrogen-bond acceptors (Lipinski definition) is 6. The molecule has 7 nitrogen and oxygen atoms in total. The van der Waals surface area contributed by atoms with E-state index < -0.39 is 36.3 Å². The highest BCUT2D eigenvalue weighted by molar-refractivity contribution is 7.90. The monoisotopic (exact) mass is 633 g/mol. The van der Waals surface area contributed by atoms with Crippen LogP contribution in [0.2, 0.25) is 18.1 Å². The standard InChI is InChI=1S/C34H55NO6SSi/c1-32(2,3)43(6,7)41-22-19-29(36)28(17-13-8-9-14-21-40-24-26-15-11-10-12-16-26)31(37)35-30-23-27-18-20-34(30,33(27,4)5)25-42(35,38)39/h8,10-13,15-16,27-30,36H,9,14,17-25H2,1-7H3/b13-8-/t27-,28-,29+,30-,34-/m1/s1. The largest absolute Gasteiger partial charge is 0.417 e. The Balaban J connectivity index is 1.41. The number of aliphatic hydroxyl groups excluding tert-OH is 1. The van der Waals surface area contributed by atoms with Gasteiger partial charge in [0.15, 0.2) is 8.32 Å². The molecule has 1 heterocycles. The molecule has 0 radical (unpaired) electrons. The molecule has 43 heavy (non-hydrogen) atoms. The van der Waals surface area contributed by atoms with Crippen LogP contribution < -0.4 is 0 Å². The van der Waals surface area contributed by atoms with E-state index in [0.717, 1.165) is 37.7 Å². The summed E-state index contributed by atoms with van der Waals surface area (Å²) in [6, 6.07) is 9.76. The van der Waals surface area contributed by atoms with E-state index in [1.807, 2.05) is 42.5 Å². The summed E-state index contributed by atoms with van der Waals surface area (Å²) in [4.78, 5) is 14.2. The number of aliphatic hydroxyl groups is 1. The number of ether oxygens (including phenoxy) is 1. The van der Waals surface area contributed by atoms with E-state index >= 15 is 0 Å². The minimum Gasteiger partial charge on any atom is -0.417 e. The van der Waals surface area contributed by atoms with Gasteiger partial charge < -0.3 is 14.3 Å². The highest BCUT2D eigenvalue weighted by Crippen LogP contribution is 2.70. The Bertz CT molecular complexity index is 1240. The fourth-order valence-electron chi connectivity index (χ4n) is 7.45. The third kappa shape index (κ3) is 7.01. The minimum atomic E-state index is -3.76. The molecule has 5 atom stereocenters. The lowest BCUT2D eigenvalue weighted by atomic mass is 9.69. The quantitative estimate of drug-likeness (QED) is 0.140. The van der Waals surface area contributed by atoms with E-state index in [1.54, 1.807) is 0 Å². The lowest BCUT2D eigenvalue weighted by molar-refractivity contribution is -0.137. The van der Waals surface area contributed by atoms with Crippen molar-refractivity contribution in [2.24, 2.45) is 22.7 Å². The number of allylic oxidation sites excluding steroid dienone is 2. The van der Waals surface area contributed by atoms with Crippen molar-refractivity contribution in [3.63, 3.8) is 0 Å². The average molecular weight is 634 g/mol. The van der Waals surface area contributed by atoms with Crippen molar-refractivity contribution < 1.29 is 27.5 Å². The molecule has 1 saturated heterocycles. The molecule has 2 bridgehead atoms. The second kappa shape index (κ2) is 13.1. The maximum absolute atomic E-state index is 14.2. The molecule has 1 aromatic carbocycles. The lowest BCUT2D eigenvalue weighted by Crippen LogP contribution is -2.48. The summed E-state index contributed by atoms with van der Waals surface area (Å²) in [6.07, 6.45) is 7.77. The molecule has 1 aromatic rings. The zero-order chi connectivity index (χ0) is 31.7. The molecule has 0 aromatic heterocycles. The van der Waals surface area contributed by atoms with Crippen LogP contribution in [0, 0.1) is 22.7 Å². The van der Waals surface area contributed by atoms with Gasteiger partial charge in [-0.05, 0) is 80.0 Å². The van der Waals surface area contributed by atoms with Crippen molar-refractivity contribution >= 4 is 24.2 Å². The van der Waals surface area contributed by atoms with Gasteiger partial charge in [0.2, 0.25) is 15.9 Å². The number of hydrogen-bond donors (Lipinski definition) is 1. The fraction of sp³-hybridized carbons (Fsp3) is 0.735. The Morgan fingerprint density at radius 1 is 1.16 bits per heavy atom. The number of fused-ring (bicyclic) bond motifs is 1.